The highest BCUT2D eigenvalue weighted by atomic mass is 32.1. The quantitative estimate of drug-likeness (QED) is 0.858. The van der Waals surface area contributed by atoms with E-state index in [1.54, 1.807) is 14.2 Å². The van der Waals surface area contributed by atoms with Crippen LogP contribution in [-0.4, -0.2) is 61.9 Å². The minimum Gasteiger partial charge on any atom is -0.497 e. The number of nitrogens with one attached hydrogen (secondary N) is 1. The summed E-state index contributed by atoms with van der Waals surface area (Å²) < 4.78 is 10.6. The molecule has 1 aliphatic heterocycles. The number of likely N-dealkylation sites (N-methyl/N-ethyl adjacent to an activating group) is 1. The monoisotopic (exact) mass is 309 g/mol. The molecule has 0 bridgehead atoms. The topological polar surface area (TPSA) is 37.0 Å². The molecule has 2 rings (SSSR count). The zero-order valence-electron chi connectivity index (χ0n) is 12.9. The summed E-state index contributed by atoms with van der Waals surface area (Å²) in [6.45, 7) is 7.28. The predicted molar refractivity (Wildman–Crippen MR) is 89.5 cm³/mol. The molecule has 0 atom stereocenters. The lowest BCUT2D eigenvalue weighted by molar-refractivity contribution is 0.191. The van der Waals surface area contributed by atoms with E-state index in [1.807, 2.05) is 18.2 Å². The fraction of sp³-hybridized carbons (Fsp3) is 0.533. The second-order valence-corrected chi connectivity index (χ2v) is 5.30. The summed E-state index contributed by atoms with van der Waals surface area (Å²) >= 11 is 5.52. The number of ether oxygens (including phenoxy) is 2. The van der Waals surface area contributed by atoms with Gasteiger partial charge in [0.2, 0.25) is 0 Å². The van der Waals surface area contributed by atoms with E-state index in [1.165, 1.54) is 0 Å². The Balaban J connectivity index is 2.02. The van der Waals surface area contributed by atoms with Crippen LogP contribution in [-0.2, 0) is 0 Å². The van der Waals surface area contributed by atoms with Crippen molar-refractivity contribution in [3.63, 3.8) is 0 Å². The Morgan fingerprint density at radius 3 is 2.48 bits per heavy atom. The third kappa shape index (κ3) is 3.98. The maximum atomic E-state index is 5.52. The van der Waals surface area contributed by atoms with Gasteiger partial charge >= 0.3 is 0 Å². The van der Waals surface area contributed by atoms with Gasteiger partial charge in [-0.1, -0.05) is 6.92 Å². The van der Waals surface area contributed by atoms with Gasteiger partial charge in [0.05, 0.1) is 19.9 Å². The third-order valence-corrected chi connectivity index (χ3v) is 4.12. The molecule has 0 unspecified atom stereocenters. The molecule has 0 radical (unpaired) electrons. The van der Waals surface area contributed by atoms with E-state index in [0.717, 1.165) is 55.0 Å². The van der Waals surface area contributed by atoms with Crippen molar-refractivity contribution in [2.24, 2.45) is 0 Å². The number of hydrogen-bond acceptors (Lipinski definition) is 4. The molecule has 6 heteroatoms. The van der Waals surface area contributed by atoms with Crippen LogP contribution >= 0.6 is 12.2 Å². The molecule has 1 fully saturated rings. The molecule has 0 saturated carbocycles. The number of anilines is 1. The first-order valence-corrected chi connectivity index (χ1v) is 7.59. The van der Waals surface area contributed by atoms with Gasteiger partial charge in [0.1, 0.15) is 11.5 Å². The van der Waals surface area contributed by atoms with Gasteiger partial charge in [0, 0.05) is 32.2 Å². The van der Waals surface area contributed by atoms with Crippen LogP contribution in [0, 0.1) is 0 Å². The lowest BCUT2D eigenvalue weighted by Gasteiger charge is -2.35. The van der Waals surface area contributed by atoms with Crippen LogP contribution in [0.25, 0.3) is 0 Å². The Labute approximate surface area is 131 Å². The lowest BCUT2D eigenvalue weighted by atomic mass is 10.2. The van der Waals surface area contributed by atoms with Crippen molar-refractivity contribution in [2.75, 3.05) is 52.3 Å². The summed E-state index contributed by atoms with van der Waals surface area (Å²) in [6.07, 6.45) is 0. The molecule has 1 N–H and O–H groups in total. The normalized spacial score (nSPS) is 15.7. The molecule has 0 spiro atoms. The van der Waals surface area contributed by atoms with Crippen molar-refractivity contribution in [1.82, 2.24) is 9.80 Å². The van der Waals surface area contributed by atoms with Gasteiger partial charge in [0.25, 0.3) is 0 Å². The Morgan fingerprint density at radius 2 is 1.90 bits per heavy atom. The van der Waals surface area contributed by atoms with Gasteiger partial charge < -0.3 is 24.6 Å². The maximum Gasteiger partial charge on any atom is 0.173 e. The van der Waals surface area contributed by atoms with Gasteiger partial charge in [-0.25, -0.2) is 0 Å². The van der Waals surface area contributed by atoms with E-state index < -0.39 is 0 Å². The van der Waals surface area contributed by atoms with Crippen molar-refractivity contribution in [1.29, 1.82) is 0 Å². The highest BCUT2D eigenvalue weighted by Crippen LogP contribution is 2.29. The SMILES string of the molecule is CCN1CCN(C(=S)Nc2cc(OC)ccc2OC)CC1. The Bertz CT molecular complexity index is 488. The maximum absolute atomic E-state index is 5.52. The number of nitrogens with zero attached hydrogens (tertiary/aromatic N) is 2. The van der Waals surface area contributed by atoms with Crippen LogP contribution in [0.5, 0.6) is 11.5 Å². The molecule has 21 heavy (non-hydrogen) atoms. The smallest absolute Gasteiger partial charge is 0.173 e. The molecular weight excluding hydrogens is 286 g/mol. The van der Waals surface area contributed by atoms with Crippen molar-refractivity contribution in [3.05, 3.63) is 18.2 Å². The Kier molecular flexibility index (Phi) is 5.64. The highest BCUT2D eigenvalue weighted by molar-refractivity contribution is 7.80. The van der Waals surface area contributed by atoms with E-state index in [-0.39, 0.29) is 0 Å². The summed E-state index contributed by atoms with van der Waals surface area (Å²) in [6, 6.07) is 5.64. The van der Waals surface area contributed by atoms with Crippen LogP contribution in [0.2, 0.25) is 0 Å². The predicted octanol–water partition coefficient (Wildman–Crippen LogP) is 2.04. The van der Waals surface area contributed by atoms with Crippen molar-refractivity contribution in [3.8, 4) is 11.5 Å². The van der Waals surface area contributed by atoms with Crippen LogP contribution in [0.1, 0.15) is 6.92 Å². The van der Waals surface area contributed by atoms with E-state index in [9.17, 15) is 0 Å². The fourth-order valence-electron chi connectivity index (χ4n) is 2.37. The first kappa shape index (κ1) is 15.9. The summed E-state index contributed by atoms with van der Waals surface area (Å²) in [4.78, 5) is 4.62. The largest absolute Gasteiger partial charge is 0.497 e. The van der Waals surface area contributed by atoms with Crippen LogP contribution in [0.3, 0.4) is 0 Å². The lowest BCUT2D eigenvalue weighted by Crippen LogP contribution is -2.49. The van der Waals surface area contributed by atoms with Gasteiger partial charge in [-0.05, 0) is 30.9 Å². The molecule has 116 valence electrons. The molecule has 0 amide bonds. The number of piperazine rings is 1. The number of methoxy groups -OCH3 is 2. The molecule has 5 nitrogen and oxygen atoms in total. The molecular formula is C15H23N3O2S. The molecule has 0 aliphatic carbocycles. The van der Waals surface area contributed by atoms with Crippen LogP contribution in [0.4, 0.5) is 5.69 Å². The van der Waals surface area contributed by atoms with Crippen LogP contribution in [0.15, 0.2) is 18.2 Å². The summed E-state index contributed by atoms with van der Waals surface area (Å²) in [5.41, 5.74) is 0.833. The number of benzene rings is 1. The van der Waals surface area contributed by atoms with Crippen molar-refractivity contribution in [2.45, 2.75) is 6.92 Å². The van der Waals surface area contributed by atoms with E-state index in [4.69, 9.17) is 21.7 Å². The first-order valence-electron chi connectivity index (χ1n) is 7.18. The molecule has 1 saturated heterocycles. The molecule has 0 aromatic heterocycles. The third-order valence-electron chi connectivity index (χ3n) is 3.75. The van der Waals surface area contributed by atoms with Gasteiger partial charge in [-0.2, -0.15) is 0 Å². The highest BCUT2D eigenvalue weighted by Gasteiger charge is 2.18. The van der Waals surface area contributed by atoms with Crippen molar-refractivity contribution >= 4 is 23.0 Å². The zero-order valence-corrected chi connectivity index (χ0v) is 13.7. The van der Waals surface area contributed by atoms with Crippen LogP contribution < -0.4 is 14.8 Å². The van der Waals surface area contributed by atoms with Gasteiger partial charge in [0.15, 0.2) is 5.11 Å². The van der Waals surface area contributed by atoms with E-state index in [2.05, 4.69) is 22.0 Å². The number of hydrogen-bond donors (Lipinski definition) is 1. The Hall–Kier alpha value is -1.53. The standard InChI is InChI=1S/C15H23N3O2S/c1-4-17-7-9-18(10-8-17)15(21)16-13-11-12(19-2)5-6-14(13)20-3/h5-6,11H,4,7-10H2,1-3H3,(H,16,21). The molecule has 1 heterocycles. The fourth-order valence-corrected chi connectivity index (χ4v) is 2.67. The Morgan fingerprint density at radius 1 is 1.19 bits per heavy atom. The molecule has 1 aliphatic rings. The second kappa shape index (κ2) is 7.47. The van der Waals surface area contributed by atoms with Gasteiger partial charge in [-0.15, -0.1) is 0 Å². The molecule has 1 aromatic carbocycles. The molecule has 1 aromatic rings. The minimum absolute atomic E-state index is 0.734. The van der Waals surface area contributed by atoms with Gasteiger partial charge in [-0.3, -0.25) is 0 Å². The summed E-state index contributed by atoms with van der Waals surface area (Å²) in [5, 5.41) is 4.01. The number of thiocarbonyl (C=S) groups is 1. The number of rotatable bonds is 4. The zero-order chi connectivity index (χ0) is 15.2. The average Bonchev–Trinajstić information content (AvgIpc) is 2.54. The summed E-state index contributed by atoms with van der Waals surface area (Å²) in [5.74, 6) is 1.53. The minimum atomic E-state index is 0.734. The van der Waals surface area contributed by atoms with E-state index in [0.29, 0.717) is 0 Å². The second-order valence-electron chi connectivity index (χ2n) is 4.92. The first-order chi connectivity index (χ1) is 10.2. The summed E-state index contributed by atoms with van der Waals surface area (Å²) in [7, 11) is 3.30. The van der Waals surface area contributed by atoms with E-state index >= 15 is 0 Å². The van der Waals surface area contributed by atoms with Crippen molar-refractivity contribution < 1.29 is 9.47 Å². The average molecular weight is 309 g/mol.